The number of carbonyl (C=O) groups is 1. The highest BCUT2D eigenvalue weighted by Crippen LogP contribution is 2.21. The molecule has 130 valence electrons. The van der Waals surface area contributed by atoms with Crippen molar-refractivity contribution in [2.75, 3.05) is 5.75 Å². The van der Waals surface area contributed by atoms with Gasteiger partial charge in [0.25, 0.3) is 5.69 Å². The molecule has 0 bridgehead atoms. The van der Waals surface area contributed by atoms with Crippen molar-refractivity contribution in [3.05, 3.63) is 73.8 Å². The first-order chi connectivity index (χ1) is 12.0. The molecule has 2 aromatic carbocycles. The van der Waals surface area contributed by atoms with Gasteiger partial charge < -0.3 is 0 Å². The van der Waals surface area contributed by atoms with E-state index >= 15 is 0 Å². The van der Waals surface area contributed by atoms with Crippen molar-refractivity contribution in [2.45, 2.75) is 5.75 Å². The molecule has 0 fully saturated rings. The van der Waals surface area contributed by atoms with E-state index < -0.39 is 4.92 Å². The lowest BCUT2D eigenvalue weighted by atomic mass is 10.2. The Balaban J connectivity index is 1.74. The van der Waals surface area contributed by atoms with Crippen molar-refractivity contribution < 1.29 is 9.72 Å². The SMILES string of the molecule is O=C(CSCc1ccc([N+](=O)[O-])cc1)N/N=C\c1ccc(Cl)c(Cl)c1. The number of hydrogen-bond acceptors (Lipinski definition) is 5. The zero-order valence-corrected chi connectivity index (χ0v) is 15.1. The van der Waals surface area contributed by atoms with Gasteiger partial charge in [-0.2, -0.15) is 5.10 Å². The van der Waals surface area contributed by atoms with Crippen LogP contribution in [0.15, 0.2) is 47.6 Å². The molecular formula is C16H13Cl2N3O3S. The van der Waals surface area contributed by atoms with Crippen molar-refractivity contribution in [1.82, 2.24) is 5.43 Å². The minimum absolute atomic E-state index is 0.0446. The molecule has 0 spiro atoms. The average molecular weight is 398 g/mol. The average Bonchev–Trinajstić information content (AvgIpc) is 2.58. The number of benzene rings is 2. The van der Waals surface area contributed by atoms with Crippen molar-refractivity contribution in [2.24, 2.45) is 5.10 Å². The van der Waals surface area contributed by atoms with Crippen LogP contribution in [0.1, 0.15) is 11.1 Å². The summed E-state index contributed by atoms with van der Waals surface area (Å²) in [6.45, 7) is 0. The van der Waals surface area contributed by atoms with E-state index in [-0.39, 0.29) is 17.3 Å². The van der Waals surface area contributed by atoms with E-state index in [1.807, 2.05) is 0 Å². The van der Waals surface area contributed by atoms with E-state index in [0.717, 1.165) is 5.56 Å². The Morgan fingerprint density at radius 1 is 1.20 bits per heavy atom. The largest absolute Gasteiger partial charge is 0.272 e. The van der Waals surface area contributed by atoms with Crippen LogP contribution in [0.4, 0.5) is 5.69 Å². The first-order valence-corrected chi connectivity index (χ1v) is 8.95. The maximum absolute atomic E-state index is 11.7. The van der Waals surface area contributed by atoms with Crippen LogP contribution in [0.2, 0.25) is 10.0 Å². The van der Waals surface area contributed by atoms with Gasteiger partial charge in [0.15, 0.2) is 0 Å². The summed E-state index contributed by atoms with van der Waals surface area (Å²) in [7, 11) is 0. The molecule has 0 aliphatic rings. The minimum Gasteiger partial charge on any atom is -0.272 e. The first-order valence-electron chi connectivity index (χ1n) is 7.04. The second kappa shape index (κ2) is 9.41. The Bertz CT molecular complexity index is 798. The van der Waals surface area contributed by atoms with Crippen molar-refractivity contribution in [1.29, 1.82) is 0 Å². The number of nitrogens with one attached hydrogen (secondary N) is 1. The molecule has 2 aromatic rings. The highest BCUT2D eigenvalue weighted by atomic mass is 35.5. The fourth-order valence-electron chi connectivity index (χ4n) is 1.78. The third-order valence-corrected chi connectivity index (χ3v) is 4.74. The molecule has 0 saturated heterocycles. The number of nitro groups is 1. The van der Waals surface area contributed by atoms with E-state index in [9.17, 15) is 14.9 Å². The van der Waals surface area contributed by atoms with Gasteiger partial charge in [-0.15, -0.1) is 11.8 Å². The molecule has 0 unspecified atom stereocenters. The lowest BCUT2D eigenvalue weighted by molar-refractivity contribution is -0.384. The fraction of sp³-hybridized carbons (Fsp3) is 0.125. The third kappa shape index (κ3) is 6.38. The van der Waals surface area contributed by atoms with E-state index in [0.29, 0.717) is 21.4 Å². The summed E-state index contributed by atoms with van der Waals surface area (Å²) in [4.78, 5) is 21.8. The summed E-state index contributed by atoms with van der Waals surface area (Å²) in [6.07, 6.45) is 1.47. The summed E-state index contributed by atoms with van der Waals surface area (Å²) in [6, 6.07) is 11.2. The molecule has 0 aliphatic carbocycles. The summed E-state index contributed by atoms with van der Waals surface area (Å²) >= 11 is 13.1. The molecule has 0 aliphatic heterocycles. The van der Waals surface area contributed by atoms with Gasteiger partial charge in [-0.25, -0.2) is 5.43 Å². The van der Waals surface area contributed by atoms with Crippen LogP contribution in [-0.4, -0.2) is 22.8 Å². The van der Waals surface area contributed by atoms with Crippen LogP contribution < -0.4 is 5.43 Å². The standard InChI is InChI=1S/C16H13Cl2N3O3S/c17-14-6-3-12(7-15(14)18)8-19-20-16(22)10-25-9-11-1-4-13(5-2-11)21(23)24/h1-8H,9-10H2,(H,20,22)/b19-8-. The van der Waals surface area contributed by atoms with Crippen LogP contribution in [0.3, 0.4) is 0 Å². The third-order valence-electron chi connectivity index (χ3n) is 3.00. The number of nitrogens with zero attached hydrogens (tertiary/aromatic N) is 2. The van der Waals surface area contributed by atoms with Gasteiger partial charge in [0.2, 0.25) is 5.91 Å². The van der Waals surface area contributed by atoms with E-state index in [1.54, 1.807) is 30.3 Å². The summed E-state index contributed by atoms with van der Waals surface area (Å²) in [5.74, 6) is 0.542. The predicted octanol–water partition coefficient (Wildman–Crippen LogP) is 4.29. The van der Waals surface area contributed by atoms with E-state index in [1.165, 1.54) is 30.1 Å². The molecule has 9 heteroatoms. The summed E-state index contributed by atoms with van der Waals surface area (Å²) < 4.78 is 0. The number of thioether (sulfide) groups is 1. The van der Waals surface area contributed by atoms with E-state index in [2.05, 4.69) is 10.5 Å². The maximum Gasteiger partial charge on any atom is 0.269 e. The molecule has 2 rings (SSSR count). The summed E-state index contributed by atoms with van der Waals surface area (Å²) in [5.41, 5.74) is 4.09. The van der Waals surface area contributed by atoms with Crippen LogP contribution in [0, 0.1) is 10.1 Å². The van der Waals surface area contributed by atoms with Gasteiger partial charge >= 0.3 is 0 Å². The Kier molecular flexibility index (Phi) is 7.24. The molecule has 0 radical (unpaired) electrons. The maximum atomic E-state index is 11.7. The molecule has 6 nitrogen and oxygen atoms in total. The number of non-ortho nitro benzene ring substituents is 1. The van der Waals surface area contributed by atoms with Gasteiger partial charge in [-0.3, -0.25) is 14.9 Å². The smallest absolute Gasteiger partial charge is 0.269 e. The van der Waals surface area contributed by atoms with Gasteiger partial charge in [-0.1, -0.05) is 41.4 Å². The topological polar surface area (TPSA) is 84.6 Å². The molecule has 0 atom stereocenters. The summed E-state index contributed by atoms with van der Waals surface area (Å²) in [5, 5.41) is 15.3. The Morgan fingerprint density at radius 3 is 2.56 bits per heavy atom. The second-order valence-electron chi connectivity index (χ2n) is 4.88. The number of rotatable bonds is 7. The quantitative estimate of drug-likeness (QED) is 0.429. The number of carbonyl (C=O) groups excluding carboxylic acids is 1. The van der Waals surface area contributed by atoms with Crippen molar-refractivity contribution in [3.8, 4) is 0 Å². The monoisotopic (exact) mass is 397 g/mol. The van der Waals surface area contributed by atoms with Crippen LogP contribution >= 0.6 is 35.0 Å². The van der Waals surface area contributed by atoms with Crippen LogP contribution in [0.5, 0.6) is 0 Å². The van der Waals surface area contributed by atoms with Gasteiger partial charge in [-0.05, 0) is 23.3 Å². The predicted molar refractivity (Wildman–Crippen MR) is 101 cm³/mol. The molecule has 0 saturated carbocycles. The Hall–Kier alpha value is -2.09. The Labute approximate surface area is 158 Å². The zero-order valence-electron chi connectivity index (χ0n) is 12.8. The highest BCUT2D eigenvalue weighted by Gasteiger charge is 2.05. The normalized spacial score (nSPS) is 10.8. The number of amides is 1. The van der Waals surface area contributed by atoms with E-state index in [4.69, 9.17) is 23.2 Å². The Morgan fingerprint density at radius 2 is 1.92 bits per heavy atom. The fourth-order valence-corrected chi connectivity index (χ4v) is 2.87. The van der Waals surface area contributed by atoms with Gasteiger partial charge in [0.05, 0.1) is 26.9 Å². The highest BCUT2D eigenvalue weighted by molar-refractivity contribution is 7.99. The lowest BCUT2D eigenvalue weighted by Crippen LogP contribution is -2.19. The molecule has 25 heavy (non-hydrogen) atoms. The molecule has 0 heterocycles. The molecule has 1 amide bonds. The number of halogens is 2. The minimum atomic E-state index is -0.448. The second-order valence-corrected chi connectivity index (χ2v) is 6.68. The lowest BCUT2D eigenvalue weighted by Gasteiger charge is -2.02. The molecular weight excluding hydrogens is 385 g/mol. The van der Waals surface area contributed by atoms with Crippen molar-refractivity contribution in [3.63, 3.8) is 0 Å². The molecule has 1 N–H and O–H groups in total. The zero-order chi connectivity index (χ0) is 18.2. The number of nitro benzene ring substituents is 1. The van der Waals surface area contributed by atoms with Gasteiger partial charge in [0.1, 0.15) is 0 Å². The number of hydrogen-bond donors (Lipinski definition) is 1. The van der Waals surface area contributed by atoms with Crippen LogP contribution in [0.25, 0.3) is 0 Å². The van der Waals surface area contributed by atoms with Gasteiger partial charge in [0, 0.05) is 17.9 Å². The van der Waals surface area contributed by atoms with Crippen LogP contribution in [-0.2, 0) is 10.5 Å². The number of hydrazone groups is 1. The molecule has 0 aromatic heterocycles. The van der Waals surface area contributed by atoms with Crippen molar-refractivity contribution >= 4 is 52.8 Å². The first kappa shape index (κ1) is 19.2.